The molecule has 1 N–H and O–H groups in total. The summed E-state index contributed by atoms with van der Waals surface area (Å²) < 4.78 is 14.8. The lowest BCUT2D eigenvalue weighted by atomic mass is 10.2. The molecule has 5 nitrogen and oxygen atoms in total. The van der Waals surface area contributed by atoms with E-state index >= 15 is 0 Å². The molecule has 0 bridgehead atoms. The van der Waals surface area contributed by atoms with Crippen LogP contribution in [0.5, 0.6) is 0 Å². The average molecular weight is 403 g/mol. The van der Waals surface area contributed by atoms with Gasteiger partial charge < -0.3 is 5.32 Å². The predicted molar refractivity (Wildman–Crippen MR) is 106 cm³/mol. The number of anilines is 1. The number of benzene rings is 2. The molecule has 27 heavy (non-hydrogen) atoms. The van der Waals surface area contributed by atoms with E-state index in [4.69, 9.17) is 11.6 Å². The Balaban J connectivity index is 1.70. The summed E-state index contributed by atoms with van der Waals surface area (Å²) in [6.07, 6.45) is 1.74. The van der Waals surface area contributed by atoms with E-state index in [0.29, 0.717) is 28.2 Å². The van der Waals surface area contributed by atoms with Gasteiger partial charge in [0.1, 0.15) is 5.82 Å². The molecule has 138 valence electrons. The number of halogens is 2. The molecular formula is C19H16ClFN4OS. The van der Waals surface area contributed by atoms with E-state index in [9.17, 15) is 9.18 Å². The topological polar surface area (TPSA) is 59.8 Å². The zero-order chi connectivity index (χ0) is 19.2. The van der Waals surface area contributed by atoms with E-state index < -0.39 is 0 Å². The van der Waals surface area contributed by atoms with Gasteiger partial charge in [-0.05, 0) is 48.5 Å². The Labute approximate surface area is 165 Å². The number of thioether (sulfide) groups is 1. The van der Waals surface area contributed by atoms with Crippen LogP contribution in [0.3, 0.4) is 0 Å². The van der Waals surface area contributed by atoms with Crippen LogP contribution in [0.2, 0.25) is 5.02 Å². The van der Waals surface area contributed by atoms with Crippen LogP contribution < -0.4 is 5.32 Å². The highest BCUT2D eigenvalue weighted by Gasteiger charge is 2.15. The fourth-order valence-corrected chi connectivity index (χ4v) is 3.24. The zero-order valence-corrected chi connectivity index (χ0v) is 15.8. The second-order valence-corrected chi connectivity index (χ2v) is 6.94. The third-order valence-corrected chi connectivity index (χ3v) is 4.81. The molecule has 1 heterocycles. The van der Waals surface area contributed by atoms with Gasteiger partial charge in [-0.1, -0.05) is 29.4 Å². The number of carbonyl (C=O) groups is 1. The Kier molecular flexibility index (Phi) is 6.26. The summed E-state index contributed by atoms with van der Waals surface area (Å²) in [6.45, 7) is 4.27. The minimum absolute atomic E-state index is 0.146. The smallest absolute Gasteiger partial charge is 0.234 e. The van der Waals surface area contributed by atoms with Crippen molar-refractivity contribution in [3.63, 3.8) is 0 Å². The normalized spacial score (nSPS) is 10.6. The number of hydrogen-bond acceptors (Lipinski definition) is 4. The maximum Gasteiger partial charge on any atom is 0.234 e. The molecule has 1 aromatic heterocycles. The Morgan fingerprint density at radius 2 is 1.89 bits per heavy atom. The molecule has 8 heteroatoms. The maximum absolute atomic E-state index is 12.9. The fourth-order valence-electron chi connectivity index (χ4n) is 2.36. The molecule has 3 aromatic rings. The van der Waals surface area contributed by atoms with E-state index in [1.165, 1.54) is 36.0 Å². The molecule has 1 amide bonds. The van der Waals surface area contributed by atoms with Crippen molar-refractivity contribution in [1.29, 1.82) is 0 Å². The van der Waals surface area contributed by atoms with E-state index in [1.54, 1.807) is 18.2 Å². The summed E-state index contributed by atoms with van der Waals surface area (Å²) in [4.78, 5) is 12.1. The van der Waals surface area contributed by atoms with Gasteiger partial charge in [0.15, 0.2) is 11.0 Å². The van der Waals surface area contributed by atoms with Gasteiger partial charge in [-0.15, -0.1) is 16.8 Å². The monoisotopic (exact) mass is 402 g/mol. The molecule has 0 aliphatic heterocycles. The Bertz CT molecular complexity index is 941. The largest absolute Gasteiger partial charge is 0.325 e. The molecule has 0 atom stereocenters. The summed E-state index contributed by atoms with van der Waals surface area (Å²) in [5.74, 6) is 0.253. The number of hydrogen-bond donors (Lipinski definition) is 1. The molecule has 0 fully saturated rings. The van der Waals surface area contributed by atoms with Crippen molar-refractivity contribution in [3.8, 4) is 11.4 Å². The van der Waals surface area contributed by atoms with Crippen LogP contribution in [0.25, 0.3) is 11.4 Å². The number of nitrogens with zero attached hydrogens (tertiary/aromatic N) is 3. The van der Waals surface area contributed by atoms with Crippen molar-refractivity contribution in [2.75, 3.05) is 11.1 Å². The van der Waals surface area contributed by atoms with Gasteiger partial charge in [0.05, 0.1) is 5.75 Å². The number of carbonyl (C=O) groups excluding carboxylic acids is 1. The van der Waals surface area contributed by atoms with Crippen LogP contribution in [0.15, 0.2) is 66.3 Å². The van der Waals surface area contributed by atoms with Crippen LogP contribution in [-0.4, -0.2) is 26.4 Å². The van der Waals surface area contributed by atoms with Crippen LogP contribution in [0.1, 0.15) is 0 Å². The SMILES string of the molecule is C=CCn1c(SCC(=O)Nc2ccc(F)cc2)nnc1-c1ccc(Cl)cc1. The molecular weight excluding hydrogens is 387 g/mol. The first kappa shape index (κ1) is 19.1. The van der Waals surface area contributed by atoms with Gasteiger partial charge in [-0.25, -0.2) is 4.39 Å². The molecule has 0 saturated carbocycles. The maximum atomic E-state index is 12.9. The first-order valence-corrected chi connectivity index (χ1v) is 9.41. The standard InChI is InChI=1S/C19H16ClFN4OS/c1-2-11-25-18(13-3-5-14(20)6-4-13)23-24-19(25)27-12-17(26)22-16-9-7-15(21)8-10-16/h2-10H,1,11-12H2,(H,22,26). The van der Waals surface area contributed by atoms with Gasteiger partial charge in [-0.3, -0.25) is 9.36 Å². The third kappa shape index (κ3) is 4.96. The predicted octanol–water partition coefficient (Wildman–Crippen LogP) is 4.65. The van der Waals surface area contributed by atoms with Crippen LogP contribution in [0, 0.1) is 5.82 Å². The number of amides is 1. The highest BCUT2D eigenvalue weighted by atomic mass is 35.5. The number of nitrogens with one attached hydrogen (secondary N) is 1. The lowest BCUT2D eigenvalue weighted by Crippen LogP contribution is -2.14. The Morgan fingerprint density at radius 1 is 1.19 bits per heavy atom. The molecule has 0 saturated heterocycles. The van der Waals surface area contributed by atoms with Crippen LogP contribution in [-0.2, 0) is 11.3 Å². The number of rotatable bonds is 7. The van der Waals surface area contributed by atoms with Crippen LogP contribution in [0.4, 0.5) is 10.1 Å². The summed E-state index contributed by atoms with van der Waals surface area (Å²) in [5, 5.41) is 12.4. The fraction of sp³-hybridized carbons (Fsp3) is 0.105. The molecule has 2 aromatic carbocycles. The van der Waals surface area contributed by atoms with E-state index in [1.807, 2.05) is 16.7 Å². The first-order chi connectivity index (χ1) is 13.1. The van der Waals surface area contributed by atoms with Gasteiger partial charge in [0.2, 0.25) is 5.91 Å². The van der Waals surface area contributed by atoms with Crippen molar-refractivity contribution in [2.45, 2.75) is 11.7 Å². The van der Waals surface area contributed by atoms with Crippen molar-refractivity contribution < 1.29 is 9.18 Å². The van der Waals surface area contributed by atoms with Crippen molar-refractivity contribution in [1.82, 2.24) is 14.8 Å². The summed E-state index contributed by atoms with van der Waals surface area (Å²) in [5.41, 5.74) is 1.41. The number of allylic oxidation sites excluding steroid dienone is 1. The first-order valence-electron chi connectivity index (χ1n) is 8.05. The van der Waals surface area contributed by atoms with Gasteiger partial charge in [0.25, 0.3) is 0 Å². The summed E-state index contributed by atoms with van der Waals surface area (Å²) in [7, 11) is 0. The van der Waals surface area contributed by atoms with Crippen molar-refractivity contribution >= 4 is 35.0 Å². The van der Waals surface area contributed by atoms with Crippen molar-refractivity contribution in [2.24, 2.45) is 0 Å². The van der Waals surface area contributed by atoms with E-state index in [2.05, 4.69) is 22.1 Å². The molecule has 0 radical (unpaired) electrons. The molecule has 0 spiro atoms. The van der Waals surface area contributed by atoms with E-state index in [0.717, 1.165) is 5.56 Å². The van der Waals surface area contributed by atoms with Crippen LogP contribution >= 0.6 is 23.4 Å². The summed E-state index contributed by atoms with van der Waals surface area (Å²) in [6, 6.07) is 12.9. The highest BCUT2D eigenvalue weighted by Crippen LogP contribution is 2.25. The lowest BCUT2D eigenvalue weighted by Gasteiger charge is -2.08. The van der Waals surface area contributed by atoms with Gasteiger partial charge in [-0.2, -0.15) is 0 Å². The molecule has 0 unspecified atom stereocenters. The van der Waals surface area contributed by atoms with Crippen molar-refractivity contribution in [3.05, 3.63) is 72.0 Å². The summed E-state index contributed by atoms with van der Waals surface area (Å²) >= 11 is 7.20. The second-order valence-electron chi connectivity index (χ2n) is 5.56. The lowest BCUT2D eigenvalue weighted by molar-refractivity contribution is -0.113. The average Bonchev–Trinajstić information content (AvgIpc) is 3.06. The Hall–Kier alpha value is -2.64. The van der Waals surface area contributed by atoms with Gasteiger partial charge >= 0.3 is 0 Å². The zero-order valence-electron chi connectivity index (χ0n) is 14.2. The minimum atomic E-state index is -0.352. The van der Waals surface area contributed by atoms with E-state index in [-0.39, 0.29) is 17.5 Å². The second kappa shape index (κ2) is 8.83. The molecule has 0 aliphatic carbocycles. The number of aromatic nitrogens is 3. The highest BCUT2D eigenvalue weighted by molar-refractivity contribution is 7.99. The minimum Gasteiger partial charge on any atom is -0.325 e. The Morgan fingerprint density at radius 3 is 2.56 bits per heavy atom. The quantitative estimate of drug-likeness (QED) is 0.461. The third-order valence-electron chi connectivity index (χ3n) is 3.59. The molecule has 3 rings (SSSR count). The van der Waals surface area contributed by atoms with Gasteiger partial charge in [0, 0.05) is 22.8 Å². The molecule has 0 aliphatic rings.